The van der Waals surface area contributed by atoms with Crippen molar-refractivity contribution in [3.05, 3.63) is 34.3 Å². The van der Waals surface area contributed by atoms with Gasteiger partial charge in [0.25, 0.3) is 0 Å². The fraction of sp³-hybridized carbons (Fsp3) is 0.500. The van der Waals surface area contributed by atoms with E-state index < -0.39 is 0 Å². The van der Waals surface area contributed by atoms with Crippen LogP contribution in [-0.2, 0) is 6.42 Å². The summed E-state index contributed by atoms with van der Waals surface area (Å²) in [5.74, 6) is 0.910. The molecule has 0 heterocycles. The molecule has 0 aliphatic heterocycles. The zero-order valence-electron chi connectivity index (χ0n) is 9.93. The molecule has 1 aliphatic rings. The van der Waals surface area contributed by atoms with E-state index >= 15 is 0 Å². The molecule has 1 aromatic rings. The van der Waals surface area contributed by atoms with E-state index in [4.69, 9.17) is 23.2 Å². The summed E-state index contributed by atoms with van der Waals surface area (Å²) in [5, 5.41) is 0.641. The summed E-state index contributed by atoms with van der Waals surface area (Å²) in [7, 11) is 0. The minimum atomic E-state index is -0.251. The van der Waals surface area contributed by atoms with Crippen LogP contribution in [0.3, 0.4) is 0 Å². The largest absolute Gasteiger partial charge is 0.294 e. The Balaban J connectivity index is 2.18. The molecule has 0 radical (unpaired) electrons. The van der Waals surface area contributed by atoms with Gasteiger partial charge < -0.3 is 0 Å². The summed E-state index contributed by atoms with van der Waals surface area (Å²) in [4.78, 5) is 12.4. The van der Waals surface area contributed by atoms with Gasteiger partial charge in [-0.1, -0.05) is 31.0 Å². The van der Waals surface area contributed by atoms with Crippen molar-refractivity contribution in [1.82, 2.24) is 0 Å². The summed E-state index contributed by atoms with van der Waals surface area (Å²) >= 11 is 11.6. The third kappa shape index (κ3) is 2.51. The van der Waals surface area contributed by atoms with E-state index in [2.05, 4.69) is 6.92 Å². The predicted octanol–water partition coefficient (Wildman–Crippen LogP) is 4.49. The van der Waals surface area contributed by atoms with Crippen molar-refractivity contribution < 1.29 is 4.79 Å². The van der Waals surface area contributed by atoms with E-state index in [1.54, 1.807) is 6.07 Å². The number of carbonyl (C=O) groups excluding carboxylic acids is 1. The Morgan fingerprint density at radius 3 is 2.82 bits per heavy atom. The SMILES string of the molecule is CC1(CCCCCl)Cc2ccc(Cl)cc2C1=O. The lowest BCUT2D eigenvalue weighted by Crippen LogP contribution is -2.23. The third-order valence-electron chi connectivity index (χ3n) is 3.56. The second-order valence-electron chi connectivity index (χ2n) is 5.01. The van der Waals surface area contributed by atoms with Crippen LogP contribution in [0.25, 0.3) is 0 Å². The molecule has 3 heteroatoms. The number of benzene rings is 1. The van der Waals surface area contributed by atoms with Gasteiger partial charge in [0.15, 0.2) is 5.78 Å². The summed E-state index contributed by atoms with van der Waals surface area (Å²) in [6.45, 7) is 2.05. The number of fused-ring (bicyclic) bond motifs is 1. The lowest BCUT2D eigenvalue weighted by atomic mass is 9.81. The smallest absolute Gasteiger partial charge is 0.169 e. The van der Waals surface area contributed by atoms with E-state index in [1.165, 1.54) is 0 Å². The van der Waals surface area contributed by atoms with Gasteiger partial charge in [-0.3, -0.25) is 4.79 Å². The Hall–Kier alpha value is -0.530. The number of hydrogen-bond acceptors (Lipinski definition) is 1. The lowest BCUT2D eigenvalue weighted by molar-refractivity contribution is 0.0827. The molecule has 0 amide bonds. The number of unbranched alkanes of at least 4 members (excludes halogenated alkanes) is 1. The normalized spacial score (nSPS) is 22.9. The van der Waals surface area contributed by atoms with E-state index in [0.717, 1.165) is 36.8 Å². The molecular weight excluding hydrogens is 255 g/mol. The summed E-state index contributed by atoms with van der Waals surface area (Å²) < 4.78 is 0. The fourth-order valence-electron chi connectivity index (χ4n) is 2.55. The summed E-state index contributed by atoms with van der Waals surface area (Å²) in [6.07, 6.45) is 3.72. The quantitative estimate of drug-likeness (QED) is 0.582. The molecule has 1 atom stereocenters. The van der Waals surface area contributed by atoms with Crippen LogP contribution in [-0.4, -0.2) is 11.7 Å². The first kappa shape index (κ1) is 12.9. The fourth-order valence-corrected chi connectivity index (χ4v) is 2.91. The number of rotatable bonds is 4. The standard InChI is InChI=1S/C14H16Cl2O/c1-14(6-2-3-7-15)9-10-4-5-11(16)8-12(10)13(14)17/h4-5,8H,2-3,6-7,9H2,1H3. The van der Waals surface area contributed by atoms with Crippen LogP contribution in [0.2, 0.25) is 5.02 Å². The van der Waals surface area contributed by atoms with Gasteiger partial charge in [0.05, 0.1) is 0 Å². The van der Waals surface area contributed by atoms with Crippen molar-refractivity contribution in [2.45, 2.75) is 32.6 Å². The molecule has 0 spiro atoms. The Labute approximate surface area is 112 Å². The van der Waals surface area contributed by atoms with Gasteiger partial charge in [0, 0.05) is 21.9 Å². The molecule has 17 heavy (non-hydrogen) atoms. The number of alkyl halides is 1. The highest BCUT2D eigenvalue weighted by Gasteiger charge is 2.40. The predicted molar refractivity (Wildman–Crippen MR) is 72.2 cm³/mol. The first-order valence-electron chi connectivity index (χ1n) is 5.96. The van der Waals surface area contributed by atoms with Crippen LogP contribution in [0, 0.1) is 5.41 Å². The van der Waals surface area contributed by atoms with Crippen molar-refractivity contribution in [1.29, 1.82) is 0 Å². The highest BCUT2D eigenvalue weighted by Crippen LogP contribution is 2.41. The van der Waals surface area contributed by atoms with Crippen molar-refractivity contribution in [2.24, 2.45) is 5.41 Å². The Kier molecular flexibility index (Phi) is 3.79. The number of ketones is 1. The Morgan fingerprint density at radius 1 is 1.35 bits per heavy atom. The molecule has 92 valence electrons. The molecule has 0 N–H and O–H groups in total. The van der Waals surface area contributed by atoms with Gasteiger partial charge in [-0.25, -0.2) is 0 Å². The summed E-state index contributed by atoms with van der Waals surface area (Å²) in [6, 6.07) is 5.63. The van der Waals surface area contributed by atoms with Crippen LogP contribution in [0.5, 0.6) is 0 Å². The molecule has 2 rings (SSSR count). The maximum atomic E-state index is 12.4. The zero-order valence-corrected chi connectivity index (χ0v) is 11.4. The van der Waals surface area contributed by atoms with Gasteiger partial charge in [-0.2, -0.15) is 0 Å². The number of hydrogen-bond donors (Lipinski definition) is 0. The Bertz CT molecular complexity index is 442. The van der Waals surface area contributed by atoms with E-state index in [9.17, 15) is 4.79 Å². The van der Waals surface area contributed by atoms with E-state index in [-0.39, 0.29) is 11.2 Å². The van der Waals surface area contributed by atoms with Gasteiger partial charge >= 0.3 is 0 Å². The number of halogens is 2. The number of carbonyl (C=O) groups is 1. The molecule has 1 aromatic carbocycles. The lowest BCUT2D eigenvalue weighted by Gasteiger charge is -2.21. The van der Waals surface area contributed by atoms with Crippen LogP contribution < -0.4 is 0 Å². The first-order chi connectivity index (χ1) is 8.07. The molecule has 0 saturated heterocycles. The summed E-state index contributed by atoms with van der Waals surface area (Å²) in [5.41, 5.74) is 1.69. The topological polar surface area (TPSA) is 17.1 Å². The third-order valence-corrected chi connectivity index (χ3v) is 4.06. The molecule has 0 saturated carbocycles. The van der Waals surface area contributed by atoms with Gasteiger partial charge in [-0.05, 0) is 37.0 Å². The van der Waals surface area contributed by atoms with Crippen LogP contribution in [0.15, 0.2) is 18.2 Å². The minimum absolute atomic E-state index is 0.240. The van der Waals surface area contributed by atoms with E-state index in [0.29, 0.717) is 10.9 Å². The highest BCUT2D eigenvalue weighted by atomic mass is 35.5. The van der Waals surface area contributed by atoms with Gasteiger partial charge in [0.2, 0.25) is 0 Å². The second-order valence-corrected chi connectivity index (χ2v) is 5.83. The molecule has 1 nitrogen and oxygen atoms in total. The second kappa shape index (κ2) is 4.99. The molecule has 1 aliphatic carbocycles. The van der Waals surface area contributed by atoms with Crippen molar-refractivity contribution >= 4 is 29.0 Å². The van der Waals surface area contributed by atoms with Crippen LogP contribution >= 0.6 is 23.2 Å². The van der Waals surface area contributed by atoms with Crippen LogP contribution in [0.1, 0.15) is 42.1 Å². The molecule has 1 unspecified atom stereocenters. The zero-order chi connectivity index (χ0) is 12.5. The molecule has 0 fully saturated rings. The van der Waals surface area contributed by atoms with Gasteiger partial charge in [-0.15, -0.1) is 11.6 Å². The van der Waals surface area contributed by atoms with Crippen LogP contribution in [0.4, 0.5) is 0 Å². The molecular formula is C14H16Cl2O. The van der Waals surface area contributed by atoms with E-state index in [1.807, 2.05) is 12.1 Å². The minimum Gasteiger partial charge on any atom is -0.294 e. The highest BCUT2D eigenvalue weighted by molar-refractivity contribution is 6.31. The monoisotopic (exact) mass is 270 g/mol. The first-order valence-corrected chi connectivity index (χ1v) is 6.87. The van der Waals surface area contributed by atoms with Crippen molar-refractivity contribution in [3.8, 4) is 0 Å². The van der Waals surface area contributed by atoms with Crippen molar-refractivity contribution in [2.75, 3.05) is 5.88 Å². The molecule has 0 bridgehead atoms. The average molecular weight is 271 g/mol. The maximum absolute atomic E-state index is 12.4. The number of Topliss-reactive ketones (excluding diaryl/α,β-unsaturated/α-hetero) is 1. The Morgan fingerprint density at radius 2 is 2.12 bits per heavy atom. The maximum Gasteiger partial charge on any atom is 0.169 e. The molecule has 0 aromatic heterocycles. The van der Waals surface area contributed by atoms with Crippen molar-refractivity contribution in [3.63, 3.8) is 0 Å². The average Bonchev–Trinajstić information content (AvgIpc) is 2.53. The van der Waals surface area contributed by atoms with Gasteiger partial charge in [0.1, 0.15) is 0 Å².